The van der Waals surface area contributed by atoms with Crippen LogP contribution in [0.15, 0.2) is 46.9 Å². The van der Waals surface area contributed by atoms with Gasteiger partial charge in [0.25, 0.3) is 0 Å². The Kier molecular flexibility index (Phi) is 3.56. The van der Waals surface area contributed by atoms with Crippen molar-refractivity contribution in [3.05, 3.63) is 58.5 Å². The fourth-order valence-corrected chi connectivity index (χ4v) is 4.01. The van der Waals surface area contributed by atoms with E-state index >= 15 is 0 Å². The average molecular weight is 392 g/mol. The molecule has 5 nitrogen and oxygen atoms in total. The van der Waals surface area contributed by atoms with Gasteiger partial charge < -0.3 is 0 Å². The second-order valence-electron chi connectivity index (χ2n) is 6.94. The van der Waals surface area contributed by atoms with Crippen molar-refractivity contribution in [1.29, 1.82) is 0 Å². The number of alkyl halides is 3. The summed E-state index contributed by atoms with van der Waals surface area (Å²) in [5, 5.41) is 12.4. The van der Waals surface area contributed by atoms with Crippen molar-refractivity contribution in [1.82, 2.24) is 14.6 Å². The Labute approximate surface area is 156 Å². The molecule has 1 aliphatic heterocycles. The fraction of sp³-hybridized carbons (Fsp3) is 0.333. The molecule has 1 fully saturated rings. The number of aromatic nitrogens is 3. The van der Waals surface area contributed by atoms with Gasteiger partial charge in [0.2, 0.25) is 0 Å². The normalized spacial score (nSPS) is 23.8. The standard InChI is InChI=1S/C18H13ClF3N5/c19-16-7-13(17-23-3-4-27(17)26-16)12-6-11(12)9-1-2-10-14(5-9)24-25-15(10)8-18(20,21)22/h1-5,7,11-12,15H,6,8H2/t11-,12+,15?/m1/s1. The van der Waals surface area contributed by atoms with E-state index in [1.807, 2.05) is 18.2 Å². The van der Waals surface area contributed by atoms with E-state index in [-0.39, 0.29) is 11.8 Å². The second-order valence-corrected chi connectivity index (χ2v) is 7.32. The maximum atomic E-state index is 12.7. The zero-order valence-corrected chi connectivity index (χ0v) is 14.6. The lowest BCUT2D eigenvalue weighted by Gasteiger charge is -2.11. The molecule has 0 saturated heterocycles. The summed E-state index contributed by atoms with van der Waals surface area (Å²) in [5.41, 5.74) is 3.92. The molecule has 0 spiro atoms. The third-order valence-electron chi connectivity index (χ3n) is 5.12. The van der Waals surface area contributed by atoms with Crippen molar-refractivity contribution in [3.63, 3.8) is 0 Å². The molecule has 5 rings (SSSR count). The van der Waals surface area contributed by atoms with Gasteiger partial charge in [0.05, 0.1) is 12.1 Å². The van der Waals surface area contributed by atoms with Gasteiger partial charge in [-0.1, -0.05) is 23.7 Å². The summed E-state index contributed by atoms with van der Waals surface area (Å²) >= 11 is 6.11. The molecule has 0 bridgehead atoms. The molecular weight excluding hydrogens is 379 g/mol. The molecule has 3 heterocycles. The van der Waals surface area contributed by atoms with Crippen LogP contribution in [0.3, 0.4) is 0 Å². The molecule has 1 unspecified atom stereocenters. The van der Waals surface area contributed by atoms with Crippen molar-refractivity contribution in [2.24, 2.45) is 10.2 Å². The Hall–Kier alpha value is -2.48. The average Bonchev–Trinajstić information content (AvgIpc) is 3.10. The van der Waals surface area contributed by atoms with Crippen LogP contribution in [0.25, 0.3) is 5.65 Å². The Morgan fingerprint density at radius 1 is 1.15 bits per heavy atom. The number of benzene rings is 1. The van der Waals surface area contributed by atoms with Gasteiger partial charge >= 0.3 is 6.18 Å². The van der Waals surface area contributed by atoms with Crippen molar-refractivity contribution in [3.8, 4) is 0 Å². The summed E-state index contributed by atoms with van der Waals surface area (Å²) in [6.07, 6.45) is -0.899. The Morgan fingerprint density at radius 3 is 2.81 bits per heavy atom. The molecular formula is C18H13ClF3N5. The second kappa shape index (κ2) is 5.76. The molecule has 0 N–H and O–H groups in total. The first-order valence-electron chi connectivity index (χ1n) is 8.50. The summed E-state index contributed by atoms with van der Waals surface area (Å²) in [6, 6.07) is 6.36. The highest BCUT2D eigenvalue weighted by atomic mass is 35.5. The van der Waals surface area contributed by atoms with Crippen LogP contribution in [0.4, 0.5) is 18.9 Å². The molecule has 138 valence electrons. The molecule has 1 aliphatic carbocycles. The van der Waals surface area contributed by atoms with Crippen molar-refractivity contribution < 1.29 is 13.2 Å². The van der Waals surface area contributed by atoms with Crippen molar-refractivity contribution in [2.75, 3.05) is 0 Å². The lowest BCUT2D eigenvalue weighted by Crippen LogP contribution is -2.11. The van der Waals surface area contributed by atoms with E-state index in [4.69, 9.17) is 11.6 Å². The molecule has 1 saturated carbocycles. The third kappa shape index (κ3) is 2.97. The first-order chi connectivity index (χ1) is 12.9. The van der Waals surface area contributed by atoms with Gasteiger partial charge in [-0.05, 0) is 36.0 Å². The largest absolute Gasteiger partial charge is 0.391 e. The van der Waals surface area contributed by atoms with Crippen LogP contribution in [0.5, 0.6) is 0 Å². The smallest absolute Gasteiger partial charge is 0.235 e. The van der Waals surface area contributed by atoms with Gasteiger partial charge in [0.15, 0.2) is 5.65 Å². The maximum Gasteiger partial charge on any atom is 0.391 e. The van der Waals surface area contributed by atoms with Gasteiger partial charge in [-0.25, -0.2) is 9.50 Å². The zero-order chi connectivity index (χ0) is 18.8. The van der Waals surface area contributed by atoms with Gasteiger partial charge in [-0.15, -0.1) is 0 Å². The first kappa shape index (κ1) is 16.7. The molecule has 3 aromatic rings. The molecule has 3 atom stereocenters. The monoisotopic (exact) mass is 391 g/mol. The van der Waals surface area contributed by atoms with Gasteiger partial charge in [-0.3, -0.25) is 0 Å². The summed E-state index contributed by atoms with van der Waals surface area (Å²) < 4.78 is 39.7. The van der Waals surface area contributed by atoms with E-state index in [0.717, 1.165) is 23.2 Å². The number of halogens is 4. The number of hydrogen-bond acceptors (Lipinski definition) is 4. The molecule has 27 heavy (non-hydrogen) atoms. The van der Waals surface area contributed by atoms with Crippen LogP contribution < -0.4 is 0 Å². The van der Waals surface area contributed by atoms with E-state index < -0.39 is 18.6 Å². The number of nitrogens with zero attached hydrogens (tertiary/aromatic N) is 5. The minimum absolute atomic E-state index is 0.248. The predicted octanol–water partition coefficient (Wildman–Crippen LogP) is 5.74. The van der Waals surface area contributed by atoms with E-state index in [1.165, 1.54) is 0 Å². The number of imidazole rings is 1. The minimum Gasteiger partial charge on any atom is -0.235 e. The maximum absolute atomic E-state index is 12.7. The molecule has 9 heteroatoms. The highest BCUT2D eigenvalue weighted by molar-refractivity contribution is 6.29. The van der Waals surface area contributed by atoms with Gasteiger partial charge in [-0.2, -0.15) is 28.5 Å². The number of hydrogen-bond donors (Lipinski definition) is 0. The highest BCUT2D eigenvalue weighted by Crippen LogP contribution is 2.56. The van der Waals surface area contributed by atoms with E-state index in [2.05, 4.69) is 20.3 Å². The SMILES string of the molecule is FC(F)(F)CC1N=Nc2cc([C@H]3C[C@@H]3c3cc(Cl)nn4ccnc34)ccc21. The van der Waals surface area contributed by atoms with Crippen molar-refractivity contribution in [2.45, 2.75) is 36.9 Å². The van der Waals surface area contributed by atoms with Crippen LogP contribution in [-0.2, 0) is 0 Å². The summed E-state index contributed by atoms with van der Waals surface area (Å²) in [4.78, 5) is 4.35. The summed E-state index contributed by atoms with van der Waals surface area (Å²) in [5.74, 6) is 0.504. The number of rotatable bonds is 3. The lowest BCUT2D eigenvalue weighted by atomic mass is 9.98. The summed E-state index contributed by atoms with van der Waals surface area (Å²) in [7, 11) is 0. The third-order valence-corrected chi connectivity index (χ3v) is 5.30. The Bertz CT molecular complexity index is 1070. The topological polar surface area (TPSA) is 54.9 Å². The van der Waals surface area contributed by atoms with E-state index in [0.29, 0.717) is 16.4 Å². The molecule has 1 aromatic carbocycles. The number of fused-ring (bicyclic) bond motifs is 2. The van der Waals surface area contributed by atoms with Gasteiger partial charge in [0.1, 0.15) is 11.2 Å². The van der Waals surface area contributed by atoms with Crippen LogP contribution in [0.2, 0.25) is 5.15 Å². The van der Waals surface area contributed by atoms with Crippen LogP contribution in [-0.4, -0.2) is 20.8 Å². The molecule has 0 amide bonds. The van der Waals surface area contributed by atoms with E-state index in [1.54, 1.807) is 23.0 Å². The lowest BCUT2D eigenvalue weighted by molar-refractivity contribution is -0.138. The molecule has 2 aromatic heterocycles. The van der Waals surface area contributed by atoms with Crippen LogP contribution in [0.1, 0.15) is 47.4 Å². The predicted molar refractivity (Wildman–Crippen MR) is 92.5 cm³/mol. The van der Waals surface area contributed by atoms with Crippen LogP contribution in [0, 0.1) is 0 Å². The van der Waals surface area contributed by atoms with E-state index in [9.17, 15) is 13.2 Å². The minimum atomic E-state index is -4.26. The number of azo groups is 1. The zero-order valence-electron chi connectivity index (χ0n) is 13.9. The molecule has 2 aliphatic rings. The van der Waals surface area contributed by atoms with Crippen molar-refractivity contribution >= 4 is 22.9 Å². The molecule has 0 radical (unpaired) electrons. The summed E-state index contributed by atoms with van der Waals surface area (Å²) in [6.45, 7) is 0. The Morgan fingerprint density at radius 2 is 2.00 bits per heavy atom. The first-order valence-corrected chi connectivity index (χ1v) is 8.88. The quantitative estimate of drug-likeness (QED) is 0.571. The van der Waals surface area contributed by atoms with Gasteiger partial charge in [0, 0.05) is 23.5 Å². The van der Waals surface area contributed by atoms with Crippen LogP contribution >= 0.6 is 11.6 Å². The Balaban J connectivity index is 1.42. The fourth-order valence-electron chi connectivity index (χ4n) is 3.81. The highest BCUT2D eigenvalue weighted by Gasteiger charge is 2.42.